The number of nitrogens with zero attached hydrogens (tertiary/aromatic N) is 3. The molecule has 3 unspecified atom stereocenters. The van der Waals surface area contributed by atoms with Crippen molar-refractivity contribution < 1.29 is 9.90 Å². The van der Waals surface area contributed by atoms with Gasteiger partial charge in [-0.3, -0.25) is 14.7 Å². The fourth-order valence-electron chi connectivity index (χ4n) is 3.63. The second-order valence-electron chi connectivity index (χ2n) is 6.43. The first-order chi connectivity index (χ1) is 10.7. The Morgan fingerprint density at radius 3 is 2.68 bits per heavy atom. The minimum atomic E-state index is -0.431. The van der Waals surface area contributed by atoms with E-state index in [0.717, 1.165) is 45.4 Å². The lowest BCUT2D eigenvalue weighted by atomic mass is 10.0. The molecule has 0 spiro atoms. The van der Waals surface area contributed by atoms with Crippen molar-refractivity contribution in [3.63, 3.8) is 0 Å². The monoisotopic (exact) mass is 303 g/mol. The van der Waals surface area contributed by atoms with Crippen LogP contribution in [0.25, 0.3) is 0 Å². The number of amides is 1. The highest BCUT2D eigenvalue weighted by atomic mass is 16.3. The van der Waals surface area contributed by atoms with Crippen LogP contribution in [0.15, 0.2) is 24.5 Å². The highest BCUT2D eigenvalue weighted by Gasteiger charge is 2.35. The number of piperazine rings is 1. The zero-order chi connectivity index (χ0) is 15.5. The Bertz CT molecular complexity index is 500. The Kier molecular flexibility index (Phi) is 4.74. The molecule has 1 N–H and O–H groups in total. The van der Waals surface area contributed by atoms with Crippen molar-refractivity contribution in [3.8, 4) is 0 Å². The molecule has 1 aromatic rings. The first-order valence-corrected chi connectivity index (χ1v) is 8.27. The number of carbonyl (C=O) groups is 1. The maximum absolute atomic E-state index is 12.5. The summed E-state index contributed by atoms with van der Waals surface area (Å²) < 4.78 is 0. The van der Waals surface area contributed by atoms with Crippen LogP contribution in [0.3, 0.4) is 0 Å². The zero-order valence-corrected chi connectivity index (χ0v) is 13.2. The molecule has 1 aromatic heterocycles. The lowest BCUT2D eigenvalue weighted by Gasteiger charge is -2.39. The molecule has 3 atom stereocenters. The van der Waals surface area contributed by atoms with Gasteiger partial charge in [-0.05, 0) is 37.8 Å². The van der Waals surface area contributed by atoms with E-state index in [0.29, 0.717) is 6.04 Å². The van der Waals surface area contributed by atoms with Crippen LogP contribution in [0.1, 0.15) is 37.8 Å². The highest BCUT2D eigenvalue weighted by molar-refractivity contribution is 5.79. The Hall–Kier alpha value is -1.46. The third kappa shape index (κ3) is 3.15. The van der Waals surface area contributed by atoms with Gasteiger partial charge < -0.3 is 10.0 Å². The molecular formula is C17H25N3O2. The summed E-state index contributed by atoms with van der Waals surface area (Å²) in [6.45, 7) is 5.46. The lowest BCUT2D eigenvalue weighted by Crippen LogP contribution is -2.51. The quantitative estimate of drug-likeness (QED) is 0.918. The number of pyridine rings is 1. The first-order valence-electron chi connectivity index (χ1n) is 8.27. The molecule has 2 heterocycles. The van der Waals surface area contributed by atoms with Crippen molar-refractivity contribution in [2.75, 3.05) is 26.2 Å². The summed E-state index contributed by atoms with van der Waals surface area (Å²) in [4.78, 5) is 21.0. The SMILES string of the molecule is CC(c1cccnc1)N1CCN(C(=O)C2CCCC2O)CC1. The normalized spacial score (nSPS) is 27.8. The molecule has 0 bridgehead atoms. The van der Waals surface area contributed by atoms with E-state index < -0.39 is 6.10 Å². The Morgan fingerprint density at radius 2 is 2.09 bits per heavy atom. The predicted molar refractivity (Wildman–Crippen MR) is 84.2 cm³/mol. The molecule has 3 rings (SSSR count). The Morgan fingerprint density at radius 1 is 1.32 bits per heavy atom. The van der Waals surface area contributed by atoms with E-state index in [9.17, 15) is 9.90 Å². The van der Waals surface area contributed by atoms with E-state index >= 15 is 0 Å². The van der Waals surface area contributed by atoms with E-state index in [1.807, 2.05) is 17.2 Å². The molecule has 1 saturated carbocycles. The minimum Gasteiger partial charge on any atom is -0.392 e. The van der Waals surface area contributed by atoms with Gasteiger partial charge in [0.2, 0.25) is 5.91 Å². The molecule has 1 aliphatic heterocycles. The molecule has 2 fully saturated rings. The maximum Gasteiger partial charge on any atom is 0.228 e. The summed E-state index contributed by atoms with van der Waals surface area (Å²) >= 11 is 0. The van der Waals surface area contributed by atoms with Gasteiger partial charge in [0, 0.05) is 44.6 Å². The minimum absolute atomic E-state index is 0.152. The molecule has 1 aliphatic carbocycles. The fraction of sp³-hybridized carbons (Fsp3) is 0.647. The number of aliphatic hydroxyl groups excluding tert-OH is 1. The molecule has 0 radical (unpaired) electrons. The molecule has 2 aliphatic rings. The third-order valence-corrected chi connectivity index (χ3v) is 5.14. The molecule has 1 amide bonds. The van der Waals surface area contributed by atoms with Crippen LogP contribution in [-0.2, 0) is 4.79 Å². The van der Waals surface area contributed by atoms with Gasteiger partial charge >= 0.3 is 0 Å². The molecule has 1 saturated heterocycles. The van der Waals surface area contributed by atoms with Gasteiger partial charge in [-0.2, -0.15) is 0 Å². The van der Waals surface area contributed by atoms with Gasteiger partial charge in [0.25, 0.3) is 0 Å². The number of aliphatic hydroxyl groups is 1. The van der Waals surface area contributed by atoms with Crippen LogP contribution < -0.4 is 0 Å². The van der Waals surface area contributed by atoms with Crippen molar-refractivity contribution in [2.24, 2.45) is 5.92 Å². The smallest absolute Gasteiger partial charge is 0.228 e. The molecule has 5 nitrogen and oxygen atoms in total. The topological polar surface area (TPSA) is 56.7 Å². The van der Waals surface area contributed by atoms with Gasteiger partial charge in [0.15, 0.2) is 0 Å². The molecule has 5 heteroatoms. The number of aromatic nitrogens is 1. The van der Waals surface area contributed by atoms with Crippen LogP contribution >= 0.6 is 0 Å². The summed E-state index contributed by atoms with van der Waals surface area (Å²) in [5.74, 6) is -0.0130. The van der Waals surface area contributed by atoms with Crippen molar-refractivity contribution in [1.29, 1.82) is 0 Å². The average Bonchev–Trinajstić information content (AvgIpc) is 3.00. The van der Waals surface area contributed by atoms with Gasteiger partial charge in [0.05, 0.1) is 12.0 Å². The molecule has 22 heavy (non-hydrogen) atoms. The number of carbonyl (C=O) groups excluding carboxylic acids is 1. The van der Waals surface area contributed by atoms with E-state index in [-0.39, 0.29) is 11.8 Å². The summed E-state index contributed by atoms with van der Waals surface area (Å²) in [5.41, 5.74) is 1.22. The van der Waals surface area contributed by atoms with Crippen LogP contribution in [0.4, 0.5) is 0 Å². The summed E-state index contributed by atoms with van der Waals surface area (Å²) in [6, 6.07) is 4.39. The van der Waals surface area contributed by atoms with Gasteiger partial charge in [0.1, 0.15) is 0 Å². The van der Waals surface area contributed by atoms with Gasteiger partial charge in [-0.1, -0.05) is 6.07 Å². The third-order valence-electron chi connectivity index (χ3n) is 5.14. The number of rotatable bonds is 3. The van der Waals surface area contributed by atoms with E-state index in [1.54, 1.807) is 6.20 Å². The maximum atomic E-state index is 12.5. The predicted octanol–water partition coefficient (Wildman–Crippen LogP) is 1.45. The Balaban J connectivity index is 1.55. The van der Waals surface area contributed by atoms with E-state index in [4.69, 9.17) is 0 Å². The molecular weight excluding hydrogens is 278 g/mol. The average molecular weight is 303 g/mol. The summed E-state index contributed by atoms with van der Waals surface area (Å²) in [6.07, 6.45) is 5.85. The van der Waals surface area contributed by atoms with Crippen LogP contribution in [-0.4, -0.2) is 58.1 Å². The van der Waals surface area contributed by atoms with E-state index in [2.05, 4.69) is 22.9 Å². The van der Waals surface area contributed by atoms with Crippen molar-refractivity contribution in [1.82, 2.24) is 14.8 Å². The molecule has 0 aromatic carbocycles. The Labute approximate surface area is 131 Å². The standard InChI is InChI=1S/C17H25N3O2/c1-13(14-4-3-7-18-12-14)19-8-10-20(11-9-19)17(22)15-5-2-6-16(15)21/h3-4,7,12-13,15-16,21H,2,5-6,8-11H2,1H3. The second-order valence-corrected chi connectivity index (χ2v) is 6.43. The second kappa shape index (κ2) is 6.75. The van der Waals surface area contributed by atoms with Crippen LogP contribution in [0.2, 0.25) is 0 Å². The zero-order valence-electron chi connectivity index (χ0n) is 13.2. The van der Waals surface area contributed by atoms with Crippen LogP contribution in [0.5, 0.6) is 0 Å². The number of hydrogen-bond donors (Lipinski definition) is 1. The van der Waals surface area contributed by atoms with Gasteiger partial charge in [-0.25, -0.2) is 0 Å². The highest BCUT2D eigenvalue weighted by Crippen LogP contribution is 2.28. The largest absolute Gasteiger partial charge is 0.392 e. The summed E-state index contributed by atoms with van der Waals surface area (Å²) in [7, 11) is 0. The van der Waals surface area contributed by atoms with E-state index in [1.165, 1.54) is 5.56 Å². The van der Waals surface area contributed by atoms with Gasteiger partial charge in [-0.15, -0.1) is 0 Å². The van der Waals surface area contributed by atoms with Crippen molar-refractivity contribution >= 4 is 5.91 Å². The van der Waals surface area contributed by atoms with Crippen LogP contribution in [0, 0.1) is 5.92 Å². The fourth-order valence-corrected chi connectivity index (χ4v) is 3.63. The first kappa shape index (κ1) is 15.4. The lowest BCUT2D eigenvalue weighted by molar-refractivity contribution is -0.140. The number of hydrogen-bond acceptors (Lipinski definition) is 4. The van der Waals surface area contributed by atoms with Crippen molar-refractivity contribution in [3.05, 3.63) is 30.1 Å². The molecule has 120 valence electrons. The van der Waals surface area contributed by atoms with Crippen molar-refractivity contribution in [2.45, 2.75) is 38.3 Å². The summed E-state index contributed by atoms with van der Waals surface area (Å²) in [5, 5.41) is 9.91.